The van der Waals surface area contributed by atoms with Gasteiger partial charge in [-0.1, -0.05) is 19.9 Å². The van der Waals surface area contributed by atoms with Crippen LogP contribution in [0.3, 0.4) is 0 Å². The lowest BCUT2D eigenvalue weighted by Gasteiger charge is -2.19. The van der Waals surface area contributed by atoms with Crippen molar-refractivity contribution in [3.8, 4) is 0 Å². The second-order valence-electron chi connectivity index (χ2n) is 4.09. The molecule has 0 aliphatic carbocycles. The van der Waals surface area contributed by atoms with Crippen molar-refractivity contribution < 1.29 is 19.0 Å². The second-order valence-corrected chi connectivity index (χ2v) is 6.65. The highest BCUT2D eigenvalue weighted by atomic mass is 31.2. The minimum absolute atomic E-state index is 0.0187. The Morgan fingerprint density at radius 3 is 2.38 bits per heavy atom. The van der Waals surface area contributed by atoms with Gasteiger partial charge in [0, 0.05) is 11.7 Å². The predicted octanol–water partition coefficient (Wildman–Crippen LogP) is 2.99. The maximum atomic E-state index is 12.4. The van der Waals surface area contributed by atoms with Gasteiger partial charge < -0.3 is 9.63 Å². The molecule has 0 fully saturated rings. The molecular formula is C11H21O4P. The molecule has 0 aromatic carbocycles. The maximum Gasteiger partial charge on any atom is 0.331 e. The van der Waals surface area contributed by atoms with Crippen LogP contribution in [0.25, 0.3) is 0 Å². The molecule has 0 saturated heterocycles. The molecule has 16 heavy (non-hydrogen) atoms. The fraction of sp³-hybridized carbons (Fsp3) is 0.727. The van der Waals surface area contributed by atoms with Crippen LogP contribution in [0.2, 0.25) is 0 Å². The third-order valence-corrected chi connectivity index (χ3v) is 4.88. The van der Waals surface area contributed by atoms with Crippen LogP contribution in [0.15, 0.2) is 11.6 Å². The molecule has 5 heteroatoms. The summed E-state index contributed by atoms with van der Waals surface area (Å²) in [5.41, 5.74) is 0.164. The summed E-state index contributed by atoms with van der Waals surface area (Å²) in [6.45, 7) is 7.64. The maximum absolute atomic E-state index is 12.4. The van der Waals surface area contributed by atoms with Crippen molar-refractivity contribution in [2.45, 2.75) is 27.7 Å². The standard InChI is InChI=1S/C11H21O4P/c1-5-10(11(12)13)8-16(14,15-6-2)7-9(3)4/h5,9H,6-8H2,1-4H3,(H,12,13)/b10-5+. The Hall–Kier alpha value is -0.600. The van der Waals surface area contributed by atoms with Crippen LogP contribution in [0, 0.1) is 5.92 Å². The van der Waals surface area contributed by atoms with E-state index >= 15 is 0 Å². The first-order valence-electron chi connectivity index (χ1n) is 5.45. The van der Waals surface area contributed by atoms with E-state index in [2.05, 4.69) is 0 Å². The van der Waals surface area contributed by atoms with Crippen molar-refractivity contribution in [1.82, 2.24) is 0 Å². The Balaban J connectivity index is 4.79. The van der Waals surface area contributed by atoms with Crippen molar-refractivity contribution in [2.75, 3.05) is 18.9 Å². The van der Waals surface area contributed by atoms with Crippen LogP contribution in [0.5, 0.6) is 0 Å². The number of aliphatic carboxylic acids is 1. The molecule has 0 spiro atoms. The number of hydrogen-bond acceptors (Lipinski definition) is 3. The number of carbonyl (C=O) groups is 1. The van der Waals surface area contributed by atoms with Gasteiger partial charge in [-0.15, -0.1) is 0 Å². The number of carboxylic acid groups (broad SMARTS) is 1. The van der Waals surface area contributed by atoms with Gasteiger partial charge in [-0.05, 0) is 19.8 Å². The summed E-state index contributed by atoms with van der Waals surface area (Å²) in [6.07, 6.45) is 1.92. The zero-order chi connectivity index (χ0) is 12.8. The molecule has 0 amide bonds. The van der Waals surface area contributed by atoms with Gasteiger partial charge in [-0.3, -0.25) is 4.57 Å². The van der Waals surface area contributed by atoms with E-state index in [1.807, 2.05) is 13.8 Å². The minimum Gasteiger partial charge on any atom is -0.478 e. The largest absolute Gasteiger partial charge is 0.478 e. The highest BCUT2D eigenvalue weighted by molar-refractivity contribution is 7.59. The molecule has 94 valence electrons. The van der Waals surface area contributed by atoms with E-state index in [1.165, 1.54) is 6.08 Å². The molecule has 4 nitrogen and oxygen atoms in total. The number of allylic oxidation sites excluding steroid dienone is 1. The average Bonchev–Trinajstić information content (AvgIpc) is 2.12. The molecule has 1 N–H and O–H groups in total. The summed E-state index contributed by atoms with van der Waals surface area (Å²) in [5.74, 6) is -0.796. The number of rotatable bonds is 7. The van der Waals surface area contributed by atoms with Crippen molar-refractivity contribution in [3.05, 3.63) is 11.6 Å². The molecule has 0 aliphatic rings. The van der Waals surface area contributed by atoms with Gasteiger partial charge in [0.05, 0.1) is 12.8 Å². The summed E-state index contributed by atoms with van der Waals surface area (Å²) in [7, 11) is -2.85. The zero-order valence-electron chi connectivity index (χ0n) is 10.4. The van der Waals surface area contributed by atoms with E-state index in [9.17, 15) is 9.36 Å². The van der Waals surface area contributed by atoms with E-state index in [1.54, 1.807) is 13.8 Å². The molecular weight excluding hydrogens is 227 g/mol. The quantitative estimate of drug-likeness (QED) is 0.555. The Morgan fingerprint density at radius 1 is 1.50 bits per heavy atom. The molecule has 1 unspecified atom stereocenters. The van der Waals surface area contributed by atoms with E-state index < -0.39 is 13.3 Å². The Bertz CT molecular complexity index is 307. The Morgan fingerprint density at radius 2 is 2.06 bits per heavy atom. The topological polar surface area (TPSA) is 63.6 Å². The molecule has 0 saturated carbocycles. The first-order chi connectivity index (χ1) is 7.34. The Labute approximate surface area is 97.1 Å². The van der Waals surface area contributed by atoms with Crippen LogP contribution < -0.4 is 0 Å². The molecule has 0 radical (unpaired) electrons. The Kier molecular flexibility index (Phi) is 6.61. The van der Waals surface area contributed by atoms with E-state index in [0.29, 0.717) is 12.8 Å². The number of hydrogen-bond donors (Lipinski definition) is 1. The smallest absolute Gasteiger partial charge is 0.331 e. The van der Waals surface area contributed by atoms with Gasteiger partial charge in [0.1, 0.15) is 0 Å². The highest BCUT2D eigenvalue weighted by Crippen LogP contribution is 2.49. The first-order valence-corrected chi connectivity index (χ1v) is 7.45. The van der Waals surface area contributed by atoms with Crippen LogP contribution in [0.4, 0.5) is 0 Å². The van der Waals surface area contributed by atoms with Crippen molar-refractivity contribution in [3.63, 3.8) is 0 Å². The van der Waals surface area contributed by atoms with Crippen LogP contribution in [-0.2, 0) is 13.9 Å². The molecule has 0 rings (SSSR count). The lowest BCUT2D eigenvalue weighted by molar-refractivity contribution is -0.132. The SMILES string of the molecule is C/C=C(\CP(=O)(CC(C)C)OCC)C(=O)O. The van der Waals surface area contributed by atoms with Gasteiger partial charge >= 0.3 is 5.97 Å². The van der Waals surface area contributed by atoms with Gasteiger partial charge in [0.15, 0.2) is 0 Å². The fourth-order valence-corrected chi connectivity index (χ4v) is 4.24. The van der Waals surface area contributed by atoms with Gasteiger partial charge in [-0.2, -0.15) is 0 Å². The van der Waals surface area contributed by atoms with E-state index in [0.717, 1.165) is 0 Å². The third-order valence-electron chi connectivity index (χ3n) is 2.04. The highest BCUT2D eigenvalue weighted by Gasteiger charge is 2.27. The third kappa shape index (κ3) is 5.47. The van der Waals surface area contributed by atoms with Crippen molar-refractivity contribution in [2.24, 2.45) is 5.92 Å². The summed E-state index contributed by atoms with van der Waals surface area (Å²) in [5, 5.41) is 8.89. The molecule has 0 aromatic heterocycles. The first kappa shape index (κ1) is 15.4. The summed E-state index contributed by atoms with van der Waals surface area (Å²) < 4.78 is 17.6. The molecule has 1 atom stereocenters. The fourth-order valence-electron chi connectivity index (χ4n) is 1.50. The zero-order valence-corrected chi connectivity index (χ0v) is 11.3. The van der Waals surface area contributed by atoms with Gasteiger partial charge in [-0.25, -0.2) is 4.79 Å². The van der Waals surface area contributed by atoms with Gasteiger partial charge in [0.25, 0.3) is 0 Å². The average molecular weight is 248 g/mol. The minimum atomic E-state index is -2.85. The van der Waals surface area contributed by atoms with Crippen molar-refractivity contribution >= 4 is 13.3 Å². The molecule has 0 heterocycles. The summed E-state index contributed by atoms with van der Waals surface area (Å²) >= 11 is 0. The monoisotopic (exact) mass is 248 g/mol. The predicted molar refractivity (Wildman–Crippen MR) is 65.2 cm³/mol. The van der Waals surface area contributed by atoms with Crippen molar-refractivity contribution in [1.29, 1.82) is 0 Å². The molecule has 0 bridgehead atoms. The van der Waals surface area contributed by atoms with Crippen LogP contribution in [-0.4, -0.2) is 30.0 Å². The second kappa shape index (κ2) is 6.87. The molecule has 0 aliphatic heterocycles. The van der Waals surface area contributed by atoms with Gasteiger partial charge in [0.2, 0.25) is 7.37 Å². The van der Waals surface area contributed by atoms with E-state index in [-0.39, 0.29) is 17.7 Å². The van der Waals surface area contributed by atoms with Crippen LogP contribution in [0.1, 0.15) is 27.7 Å². The lowest BCUT2D eigenvalue weighted by Crippen LogP contribution is -2.11. The molecule has 0 aromatic rings. The summed E-state index contributed by atoms with van der Waals surface area (Å²) in [4.78, 5) is 10.9. The lowest BCUT2D eigenvalue weighted by atomic mass is 10.3. The number of carboxylic acids is 1. The summed E-state index contributed by atoms with van der Waals surface area (Å²) in [6, 6.07) is 0. The van der Waals surface area contributed by atoms with Crippen LogP contribution >= 0.6 is 7.37 Å². The van der Waals surface area contributed by atoms with E-state index in [4.69, 9.17) is 9.63 Å². The normalized spacial score (nSPS) is 16.2.